The Hall–Kier alpha value is -0.630. The molecule has 2 heteroatoms. The van der Waals surface area contributed by atoms with Crippen LogP contribution in [0.5, 0.6) is 0 Å². The average molecular weight is 154 g/mol. The maximum atomic E-state index is 4.11. The van der Waals surface area contributed by atoms with E-state index in [1.807, 2.05) is 25.3 Å². The summed E-state index contributed by atoms with van der Waals surface area (Å²) in [5.41, 5.74) is 0. The van der Waals surface area contributed by atoms with Crippen molar-refractivity contribution in [2.75, 3.05) is 13.2 Å². The van der Waals surface area contributed by atoms with Gasteiger partial charge in [-0.1, -0.05) is 19.9 Å². The topological polar surface area (TPSA) is 24.4 Å². The van der Waals surface area contributed by atoms with Gasteiger partial charge in [0.1, 0.15) is 0 Å². The summed E-state index contributed by atoms with van der Waals surface area (Å²) in [7, 11) is 0. The molecule has 0 saturated heterocycles. The lowest BCUT2D eigenvalue weighted by Gasteiger charge is -2.02. The molecule has 0 aromatic carbocycles. The summed E-state index contributed by atoms with van der Waals surface area (Å²) in [5.74, 6) is 0.701. The second-order valence-corrected chi connectivity index (χ2v) is 2.86. The van der Waals surface area contributed by atoms with Crippen molar-refractivity contribution >= 4 is 6.21 Å². The van der Waals surface area contributed by atoms with E-state index in [9.17, 15) is 0 Å². The minimum Gasteiger partial charge on any atom is -0.298 e. The van der Waals surface area contributed by atoms with Gasteiger partial charge in [0, 0.05) is 6.21 Å². The van der Waals surface area contributed by atoms with Crippen LogP contribution in [0, 0.1) is 5.92 Å². The van der Waals surface area contributed by atoms with Crippen LogP contribution in [0.25, 0.3) is 0 Å². The Balaban J connectivity index is 3.14. The third-order valence-corrected chi connectivity index (χ3v) is 1.14. The SMILES string of the molecule is C/C=C\C=N/CNCC(C)C. The fraction of sp³-hybridized carbons (Fsp3) is 0.667. The van der Waals surface area contributed by atoms with E-state index in [-0.39, 0.29) is 0 Å². The van der Waals surface area contributed by atoms with Crippen LogP contribution in [0.4, 0.5) is 0 Å². The predicted molar refractivity (Wildman–Crippen MR) is 51.0 cm³/mol. The summed E-state index contributed by atoms with van der Waals surface area (Å²) in [6.45, 7) is 8.11. The first kappa shape index (κ1) is 10.4. The van der Waals surface area contributed by atoms with Gasteiger partial charge >= 0.3 is 0 Å². The Bertz CT molecular complexity index is 126. The summed E-state index contributed by atoms with van der Waals surface area (Å²) in [6, 6.07) is 0. The standard InChI is InChI=1S/C9H18N2/c1-4-5-6-10-8-11-7-9(2)3/h4-6,9,11H,7-8H2,1-3H3/b5-4-,10-6-. The number of nitrogens with zero attached hydrogens (tertiary/aromatic N) is 1. The number of allylic oxidation sites excluding steroid dienone is 2. The lowest BCUT2D eigenvalue weighted by molar-refractivity contribution is 0.562. The molecule has 0 aliphatic rings. The van der Waals surface area contributed by atoms with Gasteiger partial charge in [-0.05, 0) is 25.5 Å². The molecule has 0 heterocycles. The molecule has 64 valence electrons. The fourth-order valence-electron chi connectivity index (χ4n) is 0.617. The van der Waals surface area contributed by atoms with Gasteiger partial charge < -0.3 is 0 Å². The second-order valence-electron chi connectivity index (χ2n) is 2.86. The lowest BCUT2D eigenvalue weighted by atomic mass is 10.2. The highest BCUT2D eigenvalue weighted by Crippen LogP contribution is 1.85. The minimum absolute atomic E-state index is 0.701. The molecule has 11 heavy (non-hydrogen) atoms. The van der Waals surface area contributed by atoms with E-state index in [0.29, 0.717) is 5.92 Å². The number of hydrogen-bond donors (Lipinski definition) is 1. The molecule has 0 unspecified atom stereocenters. The van der Waals surface area contributed by atoms with Crippen LogP contribution in [0.2, 0.25) is 0 Å². The van der Waals surface area contributed by atoms with E-state index < -0.39 is 0 Å². The summed E-state index contributed by atoms with van der Waals surface area (Å²) >= 11 is 0. The molecular weight excluding hydrogens is 136 g/mol. The second kappa shape index (κ2) is 7.48. The molecule has 0 aliphatic heterocycles. The van der Waals surface area contributed by atoms with E-state index in [0.717, 1.165) is 13.2 Å². The van der Waals surface area contributed by atoms with Gasteiger partial charge in [0.2, 0.25) is 0 Å². The first-order chi connectivity index (χ1) is 5.27. The Labute approximate surface area is 69.4 Å². The van der Waals surface area contributed by atoms with E-state index in [1.165, 1.54) is 0 Å². The lowest BCUT2D eigenvalue weighted by Crippen LogP contribution is -2.19. The van der Waals surface area contributed by atoms with Crippen LogP contribution in [-0.2, 0) is 0 Å². The van der Waals surface area contributed by atoms with Gasteiger partial charge in [-0.15, -0.1) is 0 Å². The number of nitrogens with one attached hydrogen (secondary N) is 1. The molecule has 0 aromatic rings. The van der Waals surface area contributed by atoms with Gasteiger partial charge in [0.15, 0.2) is 0 Å². The van der Waals surface area contributed by atoms with Crippen molar-refractivity contribution in [1.82, 2.24) is 5.32 Å². The summed E-state index contributed by atoms with van der Waals surface area (Å²) in [4.78, 5) is 4.11. The van der Waals surface area contributed by atoms with E-state index in [2.05, 4.69) is 24.2 Å². The molecule has 0 rings (SSSR count). The van der Waals surface area contributed by atoms with Crippen molar-refractivity contribution < 1.29 is 0 Å². The van der Waals surface area contributed by atoms with Crippen molar-refractivity contribution in [3.63, 3.8) is 0 Å². The molecular formula is C9H18N2. The maximum Gasteiger partial charge on any atom is 0.0884 e. The largest absolute Gasteiger partial charge is 0.298 e. The van der Waals surface area contributed by atoms with Crippen LogP contribution in [0.3, 0.4) is 0 Å². The maximum absolute atomic E-state index is 4.11. The number of aliphatic imine (C=N–C) groups is 1. The van der Waals surface area contributed by atoms with Gasteiger partial charge in [-0.3, -0.25) is 10.3 Å². The van der Waals surface area contributed by atoms with E-state index in [1.54, 1.807) is 0 Å². The van der Waals surface area contributed by atoms with Crippen LogP contribution >= 0.6 is 0 Å². The first-order valence-electron chi connectivity index (χ1n) is 4.09. The molecule has 2 nitrogen and oxygen atoms in total. The van der Waals surface area contributed by atoms with Crippen LogP contribution < -0.4 is 5.32 Å². The van der Waals surface area contributed by atoms with E-state index >= 15 is 0 Å². The zero-order valence-corrected chi connectivity index (χ0v) is 7.67. The van der Waals surface area contributed by atoms with Crippen LogP contribution in [-0.4, -0.2) is 19.4 Å². The smallest absolute Gasteiger partial charge is 0.0884 e. The Morgan fingerprint density at radius 3 is 2.73 bits per heavy atom. The van der Waals surface area contributed by atoms with Gasteiger partial charge in [0.25, 0.3) is 0 Å². The first-order valence-corrected chi connectivity index (χ1v) is 4.09. The van der Waals surface area contributed by atoms with Gasteiger partial charge in [-0.25, -0.2) is 0 Å². The van der Waals surface area contributed by atoms with E-state index in [4.69, 9.17) is 0 Å². The molecule has 0 spiro atoms. The van der Waals surface area contributed by atoms with Crippen molar-refractivity contribution in [3.05, 3.63) is 12.2 Å². The van der Waals surface area contributed by atoms with Crippen molar-refractivity contribution in [2.45, 2.75) is 20.8 Å². The number of hydrogen-bond acceptors (Lipinski definition) is 2. The Morgan fingerprint density at radius 1 is 1.45 bits per heavy atom. The third-order valence-electron chi connectivity index (χ3n) is 1.14. The highest BCUT2D eigenvalue weighted by molar-refractivity contribution is 5.70. The fourth-order valence-corrected chi connectivity index (χ4v) is 0.617. The monoisotopic (exact) mass is 154 g/mol. The molecule has 0 saturated carbocycles. The third kappa shape index (κ3) is 9.37. The molecule has 0 amide bonds. The van der Waals surface area contributed by atoms with Crippen LogP contribution in [0.1, 0.15) is 20.8 Å². The van der Waals surface area contributed by atoms with Crippen molar-refractivity contribution in [1.29, 1.82) is 0 Å². The molecule has 1 N–H and O–H groups in total. The summed E-state index contributed by atoms with van der Waals surface area (Å²) in [6.07, 6.45) is 5.70. The molecule has 0 atom stereocenters. The van der Waals surface area contributed by atoms with Gasteiger partial charge in [-0.2, -0.15) is 0 Å². The predicted octanol–water partition coefficient (Wildman–Crippen LogP) is 1.84. The highest BCUT2D eigenvalue weighted by atomic mass is 15.0. The Kier molecular flexibility index (Phi) is 7.05. The average Bonchev–Trinajstić information content (AvgIpc) is 1.96. The number of rotatable bonds is 5. The highest BCUT2D eigenvalue weighted by Gasteiger charge is 1.88. The molecule has 0 fully saturated rings. The zero-order chi connectivity index (χ0) is 8.53. The Morgan fingerprint density at radius 2 is 2.18 bits per heavy atom. The molecule has 0 aliphatic carbocycles. The minimum atomic E-state index is 0.701. The van der Waals surface area contributed by atoms with Crippen LogP contribution in [0.15, 0.2) is 17.1 Å². The van der Waals surface area contributed by atoms with Gasteiger partial charge in [0.05, 0.1) is 6.67 Å². The molecule has 0 aromatic heterocycles. The van der Waals surface area contributed by atoms with Crippen molar-refractivity contribution in [3.8, 4) is 0 Å². The quantitative estimate of drug-likeness (QED) is 0.474. The zero-order valence-electron chi connectivity index (χ0n) is 7.67. The normalized spacial score (nSPS) is 12.4. The van der Waals surface area contributed by atoms with Crippen molar-refractivity contribution in [2.24, 2.45) is 10.9 Å². The molecule has 0 bridgehead atoms. The summed E-state index contributed by atoms with van der Waals surface area (Å²) < 4.78 is 0. The summed E-state index contributed by atoms with van der Waals surface area (Å²) in [5, 5.41) is 3.21. The molecule has 0 radical (unpaired) electrons.